The topological polar surface area (TPSA) is 252 Å². The van der Waals surface area contributed by atoms with Crippen LogP contribution in [0.1, 0.15) is 25.3 Å². The van der Waals surface area contributed by atoms with Gasteiger partial charge in [0.05, 0.1) is 19.0 Å². The highest BCUT2D eigenvalue weighted by Gasteiger charge is 2.49. The first-order valence-electron chi connectivity index (χ1n) is 12.3. The van der Waals surface area contributed by atoms with Crippen LogP contribution < -0.4 is 17.2 Å². The molecule has 3 fully saturated rings. The molecule has 4 aromatic heterocycles. The molecule has 4 aromatic rings. The lowest BCUT2D eigenvalue weighted by Crippen LogP contribution is -2.30. The number of hydrogen-bond acceptors (Lipinski definition) is 16. The van der Waals surface area contributed by atoms with Crippen LogP contribution in [0.15, 0.2) is 23.8 Å². The molecule has 7 heterocycles. The summed E-state index contributed by atoms with van der Waals surface area (Å²) in [5, 5.41) is 0. The van der Waals surface area contributed by atoms with Gasteiger partial charge >= 0.3 is 19.2 Å². The molecule has 0 spiro atoms. The van der Waals surface area contributed by atoms with Gasteiger partial charge in [-0.15, -0.1) is 0 Å². The van der Waals surface area contributed by atoms with Crippen LogP contribution in [-0.4, -0.2) is 75.1 Å². The van der Waals surface area contributed by atoms with Crippen molar-refractivity contribution in [3.8, 4) is 0 Å². The minimum Gasteiger partial charge on any atom is -0.382 e. The monoisotopic (exact) mass is 660 g/mol. The Bertz CT molecular complexity index is 1850. The van der Waals surface area contributed by atoms with Gasteiger partial charge in [-0.1, -0.05) is 12.2 Å². The maximum atomic E-state index is 13.7. The number of ether oxygens (including phenoxy) is 2. The van der Waals surface area contributed by atoms with E-state index in [-0.39, 0.29) is 42.2 Å². The van der Waals surface area contributed by atoms with E-state index in [0.29, 0.717) is 11.2 Å². The number of nitrogens with two attached hydrogens (primary N) is 2. The molecule has 23 heteroatoms. The fourth-order valence-corrected chi connectivity index (χ4v) is 8.23. The van der Waals surface area contributed by atoms with Crippen molar-refractivity contribution < 1.29 is 37.0 Å². The highest BCUT2D eigenvalue weighted by Crippen LogP contribution is 2.60. The van der Waals surface area contributed by atoms with E-state index in [0.717, 1.165) is 4.57 Å². The molecule has 2 bridgehead atoms. The van der Waals surface area contributed by atoms with E-state index in [4.69, 9.17) is 50.8 Å². The average molecular weight is 661 g/mol. The lowest BCUT2D eigenvalue weighted by Gasteiger charge is -2.27. The molecule has 8 atom stereocenters. The van der Waals surface area contributed by atoms with Gasteiger partial charge < -0.3 is 35.3 Å². The van der Waals surface area contributed by atoms with Crippen LogP contribution in [-0.2, 0) is 43.9 Å². The molecule has 6 N–H and O–H groups in total. The van der Waals surface area contributed by atoms with E-state index in [9.17, 15) is 14.3 Å². The van der Waals surface area contributed by atoms with Crippen molar-refractivity contribution in [2.75, 3.05) is 18.1 Å². The van der Waals surface area contributed by atoms with Crippen molar-refractivity contribution in [2.45, 2.75) is 49.9 Å². The number of thiol groups is 1. The third-order valence-electron chi connectivity index (χ3n) is 6.86. The number of rotatable bonds is 2. The van der Waals surface area contributed by atoms with Crippen molar-refractivity contribution in [3.05, 3.63) is 29.5 Å². The minimum absolute atomic E-state index is 0.0391. The summed E-state index contributed by atoms with van der Waals surface area (Å²) in [6.07, 6.45) is -2.31. The number of imidazole rings is 2. The first kappa shape index (κ1) is 28.2. The quantitative estimate of drug-likeness (QED) is 0.147. The molecule has 19 nitrogen and oxygen atoms in total. The highest BCUT2D eigenvalue weighted by atomic mass is 32.7. The van der Waals surface area contributed by atoms with E-state index in [1.807, 2.05) is 0 Å². The van der Waals surface area contributed by atoms with E-state index in [2.05, 4.69) is 42.2 Å². The number of aromatic amines is 1. The van der Waals surface area contributed by atoms with Gasteiger partial charge in [0.1, 0.15) is 42.1 Å². The number of hydrogen-bond donors (Lipinski definition) is 5. The molecular formula is C19H22N10O9P2S2. The van der Waals surface area contributed by atoms with Gasteiger partial charge in [0.15, 0.2) is 35.4 Å². The van der Waals surface area contributed by atoms with Gasteiger partial charge in [-0.25, -0.2) is 38.8 Å². The van der Waals surface area contributed by atoms with Gasteiger partial charge in [-0.05, 0) is 11.8 Å². The van der Waals surface area contributed by atoms with E-state index in [1.54, 1.807) is 4.57 Å². The third kappa shape index (κ3) is 5.03. The highest BCUT2D eigenvalue weighted by molar-refractivity contribution is 8.44. The van der Waals surface area contributed by atoms with E-state index >= 15 is 0 Å². The lowest BCUT2D eigenvalue weighted by molar-refractivity contribution is -0.126. The summed E-state index contributed by atoms with van der Waals surface area (Å²) in [7, 11) is 0. The molecule has 0 amide bonds. The number of H-pyrrole nitrogens is 1. The first-order chi connectivity index (χ1) is 20.0. The molecule has 3 saturated heterocycles. The maximum absolute atomic E-state index is 13.7. The molecule has 0 radical (unpaired) electrons. The number of nitrogens with one attached hydrogen (secondary N) is 1. The number of fused-ring (bicyclic) bond motifs is 5. The Morgan fingerprint density at radius 2 is 1.79 bits per heavy atom. The second-order valence-electron chi connectivity index (χ2n) is 9.55. The Labute approximate surface area is 244 Å². The zero-order valence-corrected chi connectivity index (χ0v) is 24.6. The smallest absolute Gasteiger partial charge is 0.382 e. The second-order valence-corrected chi connectivity index (χ2v) is 15.2. The fourth-order valence-electron chi connectivity index (χ4n) is 5.10. The second kappa shape index (κ2) is 10.3. The summed E-state index contributed by atoms with van der Waals surface area (Å²) >= 11 is 9.43. The molecule has 3 aliphatic heterocycles. The summed E-state index contributed by atoms with van der Waals surface area (Å²) < 4.78 is 51.3. The molecule has 224 valence electrons. The fraction of sp³-hybridized carbons (Fsp3) is 0.474. The summed E-state index contributed by atoms with van der Waals surface area (Å²) in [6, 6.07) is 0. The van der Waals surface area contributed by atoms with Gasteiger partial charge in [0.25, 0.3) is 0 Å². The minimum atomic E-state index is -4.27. The van der Waals surface area contributed by atoms with Crippen LogP contribution in [0.3, 0.4) is 0 Å². The van der Waals surface area contributed by atoms with E-state index < -0.39 is 56.3 Å². The number of aromatic nitrogens is 8. The summed E-state index contributed by atoms with van der Waals surface area (Å²) in [5.74, 6) is 0.204. The van der Waals surface area contributed by atoms with Crippen molar-refractivity contribution in [1.82, 2.24) is 39.0 Å². The zero-order valence-electron chi connectivity index (χ0n) is 21.1. The standard InChI is InChI=1S/C19H22N10O9P2S2/c20-13-11-15(24-4-22-13)28(6-26-11)10-2-9-18(35-10)38-40(32,42)36-8-1-7(3-33-39(31,41)37-9)34-17(8)29-16-12(27-19(29)30)14(21)23-5-25-16/h4-10,17-18H,1-3H2,(H,27,30)(H,31,41)(H,32,42)(H2,20,22,24)(H2,21,23,25)/t7-,8?,9?,10+,17+,18+,39?,40?/m0/s1. The molecule has 4 unspecified atom stereocenters. The third-order valence-corrected chi connectivity index (χ3v) is 10.0. The van der Waals surface area contributed by atoms with Gasteiger partial charge in [-0.3, -0.25) is 18.1 Å². The number of nitrogens with zero attached hydrogens (tertiary/aromatic N) is 7. The molecular weight excluding hydrogens is 638 g/mol. The summed E-state index contributed by atoms with van der Waals surface area (Å²) in [4.78, 5) is 46.8. The average Bonchev–Trinajstić information content (AvgIpc) is 3.67. The maximum Gasteiger partial charge on any atom is 0.388 e. The largest absolute Gasteiger partial charge is 0.388 e. The molecule has 42 heavy (non-hydrogen) atoms. The van der Waals surface area contributed by atoms with Crippen molar-refractivity contribution in [2.24, 2.45) is 0 Å². The zero-order chi connectivity index (χ0) is 29.4. The van der Waals surface area contributed by atoms with Crippen LogP contribution in [0.2, 0.25) is 0 Å². The van der Waals surface area contributed by atoms with Crippen LogP contribution in [0.4, 0.5) is 11.6 Å². The van der Waals surface area contributed by atoms with Crippen molar-refractivity contribution in [3.63, 3.8) is 0 Å². The predicted octanol–water partition coefficient (Wildman–Crippen LogP) is 0.728. The number of anilines is 2. The molecule has 0 aromatic carbocycles. The van der Waals surface area contributed by atoms with E-state index in [1.165, 1.54) is 19.0 Å². The Morgan fingerprint density at radius 1 is 1.02 bits per heavy atom. The van der Waals surface area contributed by atoms with Gasteiger partial charge in [0.2, 0.25) is 0 Å². The van der Waals surface area contributed by atoms with Crippen molar-refractivity contribution in [1.29, 1.82) is 0 Å². The normalized spacial score (nSPS) is 35.7. The van der Waals surface area contributed by atoms with Gasteiger partial charge in [-0.2, -0.15) is 0 Å². The SMILES string of the molecule is Nc1ncnc2c1ncn2[C@H]1CC2OP(O)(=S)OC[C@@H]3CC(OP(=O)(S)O[C@H]2O1)[C@H](n1c(=O)[nH]c2c(N)ncnc21)O3. The molecule has 0 aliphatic carbocycles. The summed E-state index contributed by atoms with van der Waals surface area (Å²) in [5.41, 5.74) is 12.2. The number of nitrogen functional groups attached to an aromatic ring is 2. The molecule has 7 rings (SSSR count). The van der Waals surface area contributed by atoms with Crippen molar-refractivity contribution >= 4 is 71.5 Å². The van der Waals surface area contributed by atoms with Crippen LogP contribution in [0.25, 0.3) is 22.3 Å². The molecule has 3 aliphatic rings. The molecule has 0 saturated carbocycles. The van der Waals surface area contributed by atoms with Gasteiger partial charge in [0, 0.05) is 12.8 Å². The first-order valence-corrected chi connectivity index (χ1v) is 17.6. The van der Waals surface area contributed by atoms with Crippen LogP contribution in [0, 0.1) is 0 Å². The Morgan fingerprint density at radius 3 is 2.60 bits per heavy atom. The Kier molecular flexibility index (Phi) is 6.91. The van der Waals surface area contributed by atoms with Crippen LogP contribution >= 0.6 is 25.8 Å². The summed E-state index contributed by atoms with van der Waals surface area (Å²) in [6.45, 7) is -8.42. The predicted molar refractivity (Wildman–Crippen MR) is 149 cm³/mol. The Balaban J connectivity index is 1.21. The lowest BCUT2D eigenvalue weighted by atomic mass is 10.2. The Hall–Kier alpha value is -2.55. The van der Waals surface area contributed by atoms with Crippen LogP contribution in [0.5, 0.6) is 0 Å².